The van der Waals surface area contributed by atoms with Crippen LogP contribution in [0, 0.1) is 0 Å². The number of aromatic hydroxyl groups is 1. The monoisotopic (exact) mass is 405 g/mol. The molecule has 0 spiro atoms. The lowest BCUT2D eigenvalue weighted by Crippen LogP contribution is -1.92. The second-order valence-corrected chi connectivity index (χ2v) is 5.90. The molecule has 3 aromatic rings. The number of halogens is 1. The van der Waals surface area contributed by atoms with Gasteiger partial charge in [-0.05, 0) is 46.3 Å². The first-order chi connectivity index (χ1) is 12.1. The number of phenolic OH excluding ortho intramolecular Hbond substituents is 1. The predicted octanol–water partition coefficient (Wildman–Crippen LogP) is 4.50. The number of ether oxygens (including phenoxy) is 3. The van der Waals surface area contributed by atoms with Gasteiger partial charge in [0.25, 0.3) is 0 Å². The Kier molecular flexibility index (Phi) is 4.85. The van der Waals surface area contributed by atoms with Crippen LogP contribution in [0.3, 0.4) is 0 Å². The zero-order valence-electron chi connectivity index (χ0n) is 13.9. The fourth-order valence-electron chi connectivity index (χ4n) is 2.49. The number of oxazole rings is 1. The third kappa shape index (κ3) is 3.15. The number of hydrogen-bond acceptors (Lipinski definition) is 6. The summed E-state index contributed by atoms with van der Waals surface area (Å²) in [5.41, 5.74) is 2.04. The Bertz CT molecular complexity index is 881. The van der Waals surface area contributed by atoms with E-state index in [2.05, 4.69) is 20.9 Å². The van der Waals surface area contributed by atoms with E-state index in [9.17, 15) is 5.11 Å². The van der Waals surface area contributed by atoms with Crippen molar-refractivity contribution in [2.24, 2.45) is 0 Å². The van der Waals surface area contributed by atoms with Gasteiger partial charge in [0, 0.05) is 11.1 Å². The summed E-state index contributed by atoms with van der Waals surface area (Å²) < 4.78 is 22.1. The molecule has 0 saturated carbocycles. The Labute approximate surface area is 153 Å². The first kappa shape index (κ1) is 17.2. The second kappa shape index (κ2) is 7.06. The summed E-state index contributed by atoms with van der Waals surface area (Å²) in [4.78, 5) is 4.31. The van der Waals surface area contributed by atoms with Crippen molar-refractivity contribution in [2.45, 2.75) is 0 Å². The van der Waals surface area contributed by atoms with Gasteiger partial charge in [-0.1, -0.05) is 0 Å². The van der Waals surface area contributed by atoms with Gasteiger partial charge in [0.15, 0.2) is 23.7 Å². The third-order valence-corrected chi connectivity index (χ3v) is 4.51. The Morgan fingerprint density at radius 2 is 1.56 bits per heavy atom. The van der Waals surface area contributed by atoms with Gasteiger partial charge in [-0.15, -0.1) is 0 Å². The minimum atomic E-state index is 0.0216. The van der Waals surface area contributed by atoms with E-state index in [1.807, 2.05) is 12.1 Å². The molecule has 7 heteroatoms. The lowest BCUT2D eigenvalue weighted by atomic mass is 10.0. The molecule has 2 aromatic carbocycles. The molecule has 130 valence electrons. The van der Waals surface area contributed by atoms with Crippen LogP contribution in [0.5, 0.6) is 23.0 Å². The van der Waals surface area contributed by atoms with Crippen molar-refractivity contribution in [1.82, 2.24) is 4.98 Å². The number of methoxy groups -OCH3 is 3. The fourth-order valence-corrected chi connectivity index (χ4v) is 3.05. The molecular formula is C18H16BrNO5. The van der Waals surface area contributed by atoms with Crippen molar-refractivity contribution >= 4 is 15.9 Å². The summed E-state index contributed by atoms with van der Waals surface area (Å²) in [7, 11) is 4.65. The third-order valence-electron chi connectivity index (χ3n) is 3.73. The number of nitrogens with zero attached hydrogens (tertiary/aromatic N) is 1. The molecule has 0 aliphatic carbocycles. The van der Waals surface area contributed by atoms with Crippen LogP contribution in [0.1, 0.15) is 0 Å². The van der Waals surface area contributed by atoms with Crippen molar-refractivity contribution in [1.29, 1.82) is 0 Å². The molecule has 1 heterocycles. The number of hydrogen-bond donors (Lipinski definition) is 1. The SMILES string of the molecule is COc1ccc(-c2ocnc2-c2cc(OC)c(Br)c(OC)c2)cc1O. The van der Waals surface area contributed by atoms with Crippen LogP contribution in [0.4, 0.5) is 0 Å². The minimum absolute atomic E-state index is 0.0216. The quantitative estimate of drug-likeness (QED) is 0.673. The molecule has 0 radical (unpaired) electrons. The fraction of sp³-hybridized carbons (Fsp3) is 0.167. The normalized spacial score (nSPS) is 10.6. The Morgan fingerprint density at radius 1 is 0.920 bits per heavy atom. The van der Waals surface area contributed by atoms with Crippen molar-refractivity contribution in [3.05, 3.63) is 41.2 Å². The molecule has 0 atom stereocenters. The van der Waals surface area contributed by atoms with Gasteiger partial charge in [0.1, 0.15) is 21.7 Å². The van der Waals surface area contributed by atoms with Crippen LogP contribution in [0.25, 0.3) is 22.6 Å². The van der Waals surface area contributed by atoms with E-state index in [0.717, 1.165) is 5.56 Å². The van der Waals surface area contributed by atoms with Crippen molar-refractivity contribution in [3.8, 4) is 45.6 Å². The summed E-state index contributed by atoms with van der Waals surface area (Å²) in [5.74, 6) is 2.15. The van der Waals surface area contributed by atoms with Crippen molar-refractivity contribution in [2.75, 3.05) is 21.3 Å². The maximum atomic E-state index is 10.0. The molecule has 3 rings (SSSR count). The molecule has 0 aliphatic heterocycles. The van der Waals surface area contributed by atoms with Crippen molar-refractivity contribution < 1.29 is 23.7 Å². The molecule has 1 N–H and O–H groups in total. The minimum Gasteiger partial charge on any atom is -0.504 e. The van der Waals surface area contributed by atoms with E-state index in [1.54, 1.807) is 32.4 Å². The summed E-state index contributed by atoms with van der Waals surface area (Å²) in [5, 5.41) is 10.0. The highest BCUT2D eigenvalue weighted by molar-refractivity contribution is 9.10. The van der Waals surface area contributed by atoms with Gasteiger partial charge in [0.05, 0.1) is 21.3 Å². The Hall–Kier alpha value is -2.67. The van der Waals surface area contributed by atoms with Gasteiger partial charge in [-0.25, -0.2) is 4.98 Å². The van der Waals surface area contributed by atoms with E-state index < -0.39 is 0 Å². The number of rotatable bonds is 5. The van der Waals surface area contributed by atoms with Crippen LogP contribution in [-0.2, 0) is 0 Å². The first-order valence-corrected chi connectivity index (χ1v) is 8.11. The maximum absolute atomic E-state index is 10.0. The summed E-state index contributed by atoms with van der Waals surface area (Å²) in [6, 6.07) is 8.68. The highest BCUT2D eigenvalue weighted by Crippen LogP contribution is 2.42. The lowest BCUT2D eigenvalue weighted by molar-refractivity contribution is 0.373. The number of aromatic nitrogens is 1. The molecule has 0 saturated heterocycles. The van der Waals surface area contributed by atoms with Crippen LogP contribution in [-0.4, -0.2) is 31.4 Å². The molecule has 1 aromatic heterocycles. The van der Waals surface area contributed by atoms with Gasteiger partial charge in [-0.2, -0.15) is 0 Å². The van der Waals surface area contributed by atoms with Crippen LogP contribution < -0.4 is 14.2 Å². The molecular weight excluding hydrogens is 390 g/mol. The zero-order valence-corrected chi connectivity index (χ0v) is 15.5. The highest BCUT2D eigenvalue weighted by Gasteiger charge is 2.18. The average molecular weight is 406 g/mol. The Balaban J connectivity index is 2.13. The molecule has 25 heavy (non-hydrogen) atoms. The molecule has 0 aliphatic rings. The Morgan fingerprint density at radius 3 is 2.12 bits per heavy atom. The van der Waals surface area contributed by atoms with Crippen LogP contribution >= 0.6 is 15.9 Å². The summed E-state index contributed by atoms with van der Waals surface area (Å²) in [6.07, 6.45) is 1.35. The van der Waals surface area contributed by atoms with E-state index in [1.165, 1.54) is 13.5 Å². The first-order valence-electron chi connectivity index (χ1n) is 7.31. The van der Waals surface area contributed by atoms with Gasteiger partial charge in [-0.3, -0.25) is 0 Å². The van der Waals surface area contributed by atoms with Gasteiger partial charge < -0.3 is 23.7 Å². The van der Waals surface area contributed by atoms with Gasteiger partial charge >= 0.3 is 0 Å². The van der Waals surface area contributed by atoms with E-state index >= 15 is 0 Å². The standard InChI is InChI=1S/C18H16BrNO5/c1-22-13-5-4-10(6-12(13)21)18-17(20-9-25-18)11-7-14(23-2)16(19)15(8-11)24-3/h4-9,21H,1-3H3. The zero-order chi connectivity index (χ0) is 18.0. The van der Waals surface area contributed by atoms with Gasteiger partial charge in [0.2, 0.25) is 0 Å². The summed E-state index contributed by atoms with van der Waals surface area (Å²) >= 11 is 3.45. The van der Waals surface area contributed by atoms with E-state index in [4.69, 9.17) is 18.6 Å². The molecule has 6 nitrogen and oxygen atoms in total. The molecule has 0 unspecified atom stereocenters. The lowest BCUT2D eigenvalue weighted by Gasteiger charge is -2.11. The topological polar surface area (TPSA) is 74.0 Å². The largest absolute Gasteiger partial charge is 0.504 e. The molecule has 0 bridgehead atoms. The number of benzene rings is 2. The maximum Gasteiger partial charge on any atom is 0.182 e. The molecule has 0 fully saturated rings. The van der Waals surface area contributed by atoms with E-state index in [0.29, 0.717) is 38.7 Å². The van der Waals surface area contributed by atoms with Crippen molar-refractivity contribution in [3.63, 3.8) is 0 Å². The van der Waals surface area contributed by atoms with Crippen LogP contribution in [0.15, 0.2) is 45.6 Å². The highest BCUT2D eigenvalue weighted by atomic mass is 79.9. The smallest absolute Gasteiger partial charge is 0.182 e. The van der Waals surface area contributed by atoms with E-state index in [-0.39, 0.29) is 5.75 Å². The predicted molar refractivity (Wildman–Crippen MR) is 96.4 cm³/mol. The number of phenols is 1. The van der Waals surface area contributed by atoms with Crippen LogP contribution in [0.2, 0.25) is 0 Å². The second-order valence-electron chi connectivity index (χ2n) is 5.11. The molecule has 0 amide bonds. The average Bonchev–Trinajstić information content (AvgIpc) is 3.11. The summed E-state index contributed by atoms with van der Waals surface area (Å²) in [6.45, 7) is 0.